The first kappa shape index (κ1) is 24.3. The Labute approximate surface area is 209 Å². The van der Waals surface area contributed by atoms with Gasteiger partial charge < -0.3 is 14.8 Å². The van der Waals surface area contributed by atoms with Gasteiger partial charge in [0.15, 0.2) is 0 Å². The molecule has 0 unspecified atom stereocenters. The Hall–Kier alpha value is -3.82. The molecule has 1 aliphatic heterocycles. The van der Waals surface area contributed by atoms with Crippen LogP contribution in [0.3, 0.4) is 0 Å². The van der Waals surface area contributed by atoms with Crippen molar-refractivity contribution in [3.05, 3.63) is 80.9 Å². The zero-order chi connectivity index (χ0) is 25.3. The van der Waals surface area contributed by atoms with E-state index in [-0.39, 0.29) is 21.3 Å². The lowest BCUT2D eigenvalue weighted by molar-refractivity contribution is -0.127. The van der Waals surface area contributed by atoms with Crippen LogP contribution in [0.2, 0.25) is 5.02 Å². The van der Waals surface area contributed by atoms with Gasteiger partial charge in [-0.25, -0.2) is 4.79 Å². The summed E-state index contributed by atoms with van der Waals surface area (Å²) in [5.74, 6) is -1.60. The van der Waals surface area contributed by atoms with Gasteiger partial charge in [-0.1, -0.05) is 29.8 Å². The molecule has 1 fully saturated rings. The molecule has 0 spiro atoms. The molecule has 0 atom stereocenters. The number of rotatable bonds is 6. The van der Waals surface area contributed by atoms with Crippen molar-refractivity contribution in [2.75, 3.05) is 11.9 Å². The van der Waals surface area contributed by atoms with E-state index >= 15 is 0 Å². The fourth-order valence-electron chi connectivity index (χ4n) is 3.53. The highest BCUT2D eigenvalue weighted by atomic mass is 35.5. The van der Waals surface area contributed by atoms with Gasteiger partial charge in [0, 0.05) is 17.3 Å². The van der Waals surface area contributed by atoms with Crippen molar-refractivity contribution in [1.82, 2.24) is 4.90 Å². The SMILES string of the molecule is Cc1cccc(C)c1NC(=O)CN1C(=O)SC(=Cc2ccc(-c3ccc(Cl)c(C(=O)O)c3)o2)C1=O. The first-order valence-corrected chi connectivity index (χ1v) is 11.6. The van der Waals surface area contributed by atoms with Gasteiger partial charge >= 0.3 is 5.97 Å². The predicted molar refractivity (Wildman–Crippen MR) is 133 cm³/mol. The van der Waals surface area contributed by atoms with Crippen LogP contribution in [0.5, 0.6) is 0 Å². The topological polar surface area (TPSA) is 117 Å². The van der Waals surface area contributed by atoms with E-state index in [1.165, 1.54) is 18.2 Å². The lowest BCUT2D eigenvalue weighted by atomic mass is 10.1. The Morgan fingerprint density at radius 2 is 1.83 bits per heavy atom. The van der Waals surface area contributed by atoms with E-state index in [4.69, 9.17) is 16.0 Å². The third kappa shape index (κ3) is 5.16. The van der Waals surface area contributed by atoms with Crippen molar-refractivity contribution in [2.24, 2.45) is 0 Å². The van der Waals surface area contributed by atoms with E-state index in [2.05, 4.69) is 5.32 Å². The molecule has 2 heterocycles. The van der Waals surface area contributed by atoms with Gasteiger partial charge in [0.1, 0.15) is 18.1 Å². The third-order valence-corrected chi connectivity index (χ3v) is 6.54. The number of aryl methyl sites for hydroxylation is 2. The number of hydrogen-bond acceptors (Lipinski definition) is 6. The van der Waals surface area contributed by atoms with Gasteiger partial charge in [0.05, 0.1) is 15.5 Å². The van der Waals surface area contributed by atoms with Crippen LogP contribution < -0.4 is 5.32 Å². The second kappa shape index (κ2) is 9.81. The summed E-state index contributed by atoms with van der Waals surface area (Å²) in [6.07, 6.45) is 1.41. The number of benzene rings is 2. The van der Waals surface area contributed by atoms with E-state index in [0.29, 0.717) is 28.8 Å². The average Bonchev–Trinajstić information content (AvgIpc) is 3.37. The molecule has 2 N–H and O–H groups in total. The molecule has 0 bridgehead atoms. The number of nitrogens with zero attached hydrogens (tertiary/aromatic N) is 1. The van der Waals surface area contributed by atoms with Crippen molar-refractivity contribution in [1.29, 1.82) is 0 Å². The summed E-state index contributed by atoms with van der Waals surface area (Å²) in [5, 5.41) is 11.6. The van der Waals surface area contributed by atoms with E-state index in [9.17, 15) is 24.3 Å². The molecule has 0 radical (unpaired) electrons. The van der Waals surface area contributed by atoms with Crippen LogP contribution >= 0.6 is 23.4 Å². The molecule has 10 heteroatoms. The minimum Gasteiger partial charge on any atom is -0.478 e. The summed E-state index contributed by atoms with van der Waals surface area (Å²) in [4.78, 5) is 50.0. The van der Waals surface area contributed by atoms with Crippen LogP contribution in [0, 0.1) is 13.8 Å². The lowest BCUT2D eigenvalue weighted by Gasteiger charge is -2.15. The molecule has 8 nitrogen and oxygen atoms in total. The standard InChI is InChI=1S/C25H19ClN2O6S/c1-13-4-3-5-14(2)22(13)27-21(29)12-28-23(30)20(35-25(28)33)11-16-7-9-19(34-16)15-6-8-18(26)17(10-15)24(31)32/h3-11H,12H2,1-2H3,(H,27,29)(H,31,32). The van der Waals surface area contributed by atoms with Gasteiger partial charge in [-0.2, -0.15) is 0 Å². The van der Waals surface area contributed by atoms with E-state index < -0.39 is 29.6 Å². The Bertz CT molecular complexity index is 1390. The fourth-order valence-corrected chi connectivity index (χ4v) is 4.54. The highest BCUT2D eigenvalue weighted by Crippen LogP contribution is 2.34. The van der Waals surface area contributed by atoms with Crippen LogP contribution in [0.15, 0.2) is 57.9 Å². The van der Waals surface area contributed by atoms with Crippen LogP contribution in [0.4, 0.5) is 10.5 Å². The number of hydrogen-bond donors (Lipinski definition) is 2. The zero-order valence-corrected chi connectivity index (χ0v) is 20.2. The normalized spacial score (nSPS) is 14.6. The predicted octanol–water partition coefficient (Wildman–Crippen LogP) is 5.59. The van der Waals surface area contributed by atoms with Crippen molar-refractivity contribution in [3.63, 3.8) is 0 Å². The van der Waals surface area contributed by atoms with Crippen molar-refractivity contribution in [3.8, 4) is 11.3 Å². The van der Waals surface area contributed by atoms with Crippen LogP contribution in [-0.2, 0) is 9.59 Å². The molecule has 3 amide bonds. The van der Waals surface area contributed by atoms with Crippen LogP contribution in [0.25, 0.3) is 17.4 Å². The van der Waals surface area contributed by atoms with Crippen molar-refractivity contribution in [2.45, 2.75) is 13.8 Å². The molecule has 3 aromatic rings. The molecule has 35 heavy (non-hydrogen) atoms. The maximum atomic E-state index is 12.8. The highest BCUT2D eigenvalue weighted by molar-refractivity contribution is 8.18. The quantitative estimate of drug-likeness (QED) is 0.415. The summed E-state index contributed by atoms with van der Waals surface area (Å²) in [5.41, 5.74) is 2.82. The van der Waals surface area contributed by atoms with Gasteiger partial charge in [-0.15, -0.1) is 0 Å². The van der Waals surface area contributed by atoms with Gasteiger partial charge in [0.2, 0.25) is 5.91 Å². The number of nitrogens with one attached hydrogen (secondary N) is 1. The third-order valence-electron chi connectivity index (χ3n) is 5.30. The fraction of sp³-hybridized carbons (Fsp3) is 0.120. The van der Waals surface area contributed by atoms with E-state index in [1.807, 2.05) is 32.0 Å². The number of carbonyl (C=O) groups excluding carboxylic acids is 3. The second-order valence-electron chi connectivity index (χ2n) is 7.78. The summed E-state index contributed by atoms with van der Waals surface area (Å²) in [6, 6.07) is 13.2. The number of halogens is 1. The Morgan fingerprint density at radius 1 is 1.11 bits per heavy atom. The summed E-state index contributed by atoms with van der Waals surface area (Å²) >= 11 is 6.62. The molecule has 1 aliphatic rings. The number of carbonyl (C=O) groups is 4. The Balaban J connectivity index is 1.49. The maximum Gasteiger partial charge on any atom is 0.337 e. The summed E-state index contributed by atoms with van der Waals surface area (Å²) in [6.45, 7) is 3.30. The molecule has 0 aliphatic carbocycles. The van der Waals surface area contributed by atoms with Gasteiger partial charge in [-0.05, 0) is 67.1 Å². The van der Waals surface area contributed by atoms with E-state index in [1.54, 1.807) is 18.2 Å². The van der Waals surface area contributed by atoms with Crippen LogP contribution in [-0.4, -0.2) is 39.6 Å². The number of anilines is 1. The minimum atomic E-state index is -1.17. The number of carboxylic acids is 1. The van der Waals surface area contributed by atoms with Gasteiger partial charge in [-0.3, -0.25) is 19.3 Å². The highest BCUT2D eigenvalue weighted by Gasteiger charge is 2.36. The van der Waals surface area contributed by atoms with Gasteiger partial charge in [0.25, 0.3) is 11.1 Å². The number of imide groups is 1. The molecule has 2 aromatic carbocycles. The largest absolute Gasteiger partial charge is 0.478 e. The lowest BCUT2D eigenvalue weighted by Crippen LogP contribution is -2.36. The number of carboxylic acid groups (broad SMARTS) is 1. The first-order chi connectivity index (χ1) is 16.6. The van der Waals surface area contributed by atoms with Crippen molar-refractivity contribution < 1.29 is 28.7 Å². The first-order valence-electron chi connectivity index (χ1n) is 10.4. The molecule has 1 aromatic heterocycles. The van der Waals surface area contributed by atoms with Crippen molar-refractivity contribution >= 4 is 58.1 Å². The molecule has 1 saturated heterocycles. The number of amides is 3. The minimum absolute atomic E-state index is 0.0672. The summed E-state index contributed by atoms with van der Waals surface area (Å²) < 4.78 is 5.72. The molecular weight excluding hydrogens is 492 g/mol. The average molecular weight is 511 g/mol. The zero-order valence-electron chi connectivity index (χ0n) is 18.6. The molecule has 0 saturated carbocycles. The van der Waals surface area contributed by atoms with Crippen LogP contribution in [0.1, 0.15) is 27.2 Å². The van der Waals surface area contributed by atoms with E-state index in [0.717, 1.165) is 16.0 Å². The summed E-state index contributed by atoms with van der Waals surface area (Å²) in [7, 11) is 0. The Morgan fingerprint density at radius 3 is 2.51 bits per heavy atom. The Kier molecular flexibility index (Phi) is 6.81. The smallest absolute Gasteiger partial charge is 0.337 e. The number of aromatic carboxylic acids is 1. The number of furan rings is 1. The maximum absolute atomic E-state index is 12.8. The number of thioether (sulfide) groups is 1. The second-order valence-corrected chi connectivity index (χ2v) is 9.19. The monoisotopic (exact) mass is 510 g/mol. The number of para-hydroxylation sites is 1. The molecule has 178 valence electrons. The molecular formula is C25H19ClN2O6S. The molecule has 4 rings (SSSR count).